The van der Waals surface area contributed by atoms with Gasteiger partial charge in [-0.05, 0) is 55.5 Å². The van der Waals surface area contributed by atoms with Gasteiger partial charge < -0.3 is 19.6 Å². The minimum Gasteiger partial charge on any atom is -0.496 e. The molecular formula is C31H33ClN6O4. The van der Waals surface area contributed by atoms with Crippen LogP contribution in [-0.4, -0.2) is 68.9 Å². The Morgan fingerprint density at radius 2 is 1.88 bits per heavy atom. The number of hydrogen-bond donors (Lipinski definition) is 1. The van der Waals surface area contributed by atoms with Crippen LogP contribution in [0.2, 0.25) is 5.02 Å². The average molecular weight is 589 g/mol. The predicted molar refractivity (Wildman–Crippen MR) is 162 cm³/mol. The van der Waals surface area contributed by atoms with E-state index in [1.807, 2.05) is 57.2 Å². The Kier molecular flexibility index (Phi) is 7.04. The van der Waals surface area contributed by atoms with Crippen LogP contribution in [0.3, 0.4) is 0 Å². The van der Waals surface area contributed by atoms with Crippen molar-refractivity contribution in [2.24, 2.45) is 5.41 Å². The van der Waals surface area contributed by atoms with E-state index in [0.717, 1.165) is 24.1 Å². The molecule has 4 aromatic rings. The highest BCUT2D eigenvalue weighted by Gasteiger charge is 2.45. The number of carbonyl (C=O) groups is 1. The highest BCUT2D eigenvalue weighted by molar-refractivity contribution is 6.34. The summed E-state index contributed by atoms with van der Waals surface area (Å²) in [5, 5.41) is 10.6. The summed E-state index contributed by atoms with van der Waals surface area (Å²) in [7, 11) is 1.59. The van der Waals surface area contributed by atoms with E-state index in [1.165, 1.54) is 4.90 Å². The Morgan fingerprint density at radius 1 is 1.12 bits per heavy atom. The van der Waals surface area contributed by atoms with Crippen molar-refractivity contribution in [3.63, 3.8) is 0 Å². The lowest BCUT2D eigenvalue weighted by atomic mass is 9.86. The van der Waals surface area contributed by atoms with E-state index in [9.17, 15) is 14.7 Å². The molecule has 1 unspecified atom stereocenters. The van der Waals surface area contributed by atoms with Crippen LogP contribution >= 0.6 is 11.6 Å². The molecule has 42 heavy (non-hydrogen) atoms. The molecule has 0 saturated carbocycles. The van der Waals surface area contributed by atoms with Gasteiger partial charge in [-0.2, -0.15) is 4.98 Å². The van der Waals surface area contributed by atoms with Gasteiger partial charge in [0, 0.05) is 43.4 Å². The number of aromatic nitrogens is 4. The topological polar surface area (TPSA) is 114 Å². The molecular weight excluding hydrogens is 556 g/mol. The molecule has 218 valence electrons. The molecule has 10 nitrogen and oxygen atoms in total. The number of carboxylic acid groups (broad SMARTS) is 1. The Hall–Kier alpha value is -4.18. The van der Waals surface area contributed by atoms with Crippen LogP contribution in [0.15, 0.2) is 47.4 Å². The fourth-order valence-electron chi connectivity index (χ4n) is 6.41. The molecule has 5 heterocycles. The number of anilines is 1. The Morgan fingerprint density at radius 3 is 2.60 bits per heavy atom. The van der Waals surface area contributed by atoms with Crippen molar-refractivity contribution in [1.82, 2.24) is 24.4 Å². The first-order valence-corrected chi connectivity index (χ1v) is 14.5. The van der Waals surface area contributed by atoms with Gasteiger partial charge in [0.2, 0.25) is 0 Å². The number of aryl methyl sites for hydroxylation is 1. The summed E-state index contributed by atoms with van der Waals surface area (Å²) < 4.78 is 7.17. The molecule has 0 aliphatic carbocycles. The maximum absolute atomic E-state index is 14.1. The summed E-state index contributed by atoms with van der Waals surface area (Å²) in [5.41, 5.74) is 3.28. The number of rotatable bonds is 5. The lowest BCUT2D eigenvalue weighted by Gasteiger charge is -2.26. The summed E-state index contributed by atoms with van der Waals surface area (Å²) in [6.07, 6.45) is 2.43. The number of nitrogens with zero attached hydrogens (tertiary/aromatic N) is 6. The zero-order valence-corrected chi connectivity index (χ0v) is 24.9. The predicted octanol–water partition coefficient (Wildman–Crippen LogP) is 5.52. The van der Waals surface area contributed by atoms with E-state index in [1.54, 1.807) is 17.9 Å². The SMILES string of the molecule is COc1ccccc1-c1nc2c(cc1Cl)c(N1CCC3(CCN(C(=O)O)C3)C1)nc(=O)n2-c1c(C)ccnc1C(C)C. The van der Waals surface area contributed by atoms with Crippen LogP contribution in [0.25, 0.3) is 28.0 Å². The van der Waals surface area contributed by atoms with Gasteiger partial charge in [0.1, 0.15) is 11.6 Å². The van der Waals surface area contributed by atoms with Crippen LogP contribution in [-0.2, 0) is 0 Å². The standard InChI is InChI=1S/C31H33ClN6O4/c1-18(2)24-26(19(3)9-12-33-24)38-28-21(15-22(32)25(34-28)20-7-5-6-8-23(20)42-4)27(35-29(38)39)36-13-10-31(16-36)11-14-37(17-31)30(40)41/h5-9,12,15,18H,10-11,13-14,16-17H2,1-4H3,(H,40,41). The van der Waals surface area contributed by atoms with E-state index < -0.39 is 11.8 Å². The van der Waals surface area contributed by atoms with Crippen LogP contribution in [0.5, 0.6) is 5.75 Å². The molecule has 6 rings (SSSR count). The van der Waals surface area contributed by atoms with Crippen LogP contribution in [0.4, 0.5) is 10.6 Å². The van der Waals surface area contributed by atoms with Crippen molar-refractivity contribution < 1.29 is 14.6 Å². The molecule has 1 atom stereocenters. The number of ether oxygens (including phenoxy) is 1. The summed E-state index contributed by atoms with van der Waals surface area (Å²) in [4.78, 5) is 43.6. The first kappa shape index (κ1) is 28.0. The van der Waals surface area contributed by atoms with Gasteiger partial charge in [-0.25, -0.2) is 19.1 Å². The first-order chi connectivity index (χ1) is 20.1. The summed E-state index contributed by atoms with van der Waals surface area (Å²) >= 11 is 6.94. The molecule has 0 bridgehead atoms. The van der Waals surface area contributed by atoms with E-state index in [4.69, 9.17) is 21.3 Å². The van der Waals surface area contributed by atoms with Crippen molar-refractivity contribution >= 4 is 34.5 Å². The van der Waals surface area contributed by atoms with E-state index >= 15 is 0 Å². The molecule has 3 aromatic heterocycles. The number of likely N-dealkylation sites (tertiary alicyclic amines) is 1. The fourth-order valence-corrected chi connectivity index (χ4v) is 6.66. The third-order valence-corrected chi connectivity index (χ3v) is 8.82. The number of halogens is 1. The average Bonchev–Trinajstić information content (AvgIpc) is 3.59. The van der Waals surface area contributed by atoms with E-state index in [-0.39, 0.29) is 11.3 Å². The molecule has 11 heteroatoms. The molecule has 2 aliphatic heterocycles. The second-order valence-electron chi connectivity index (χ2n) is 11.6. The van der Waals surface area contributed by atoms with Gasteiger partial charge in [-0.3, -0.25) is 4.98 Å². The number of amides is 1. The van der Waals surface area contributed by atoms with Gasteiger partial charge >= 0.3 is 11.8 Å². The summed E-state index contributed by atoms with van der Waals surface area (Å²) in [6, 6.07) is 11.2. The van der Waals surface area contributed by atoms with Gasteiger partial charge in [-0.15, -0.1) is 0 Å². The Labute approximate surface area is 248 Å². The summed E-state index contributed by atoms with van der Waals surface area (Å²) in [5.74, 6) is 1.16. The first-order valence-electron chi connectivity index (χ1n) is 14.1. The maximum Gasteiger partial charge on any atom is 0.407 e. The number of para-hydroxylation sites is 1. The van der Waals surface area contributed by atoms with E-state index in [0.29, 0.717) is 70.7 Å². The highest BCUT2D eigenvalue weighted by Crippen LogP contribution is 2.43. The second kappa shape index (κ2) is 10.6. The molecule has 2 saturated heterocycles. The maximum atomic E-state index is 14.1. The number of pyridine rings is 2. The number of benzene rings is 1. The third-order valence-electron chi connectivity index (χ3n) is 8.54. The van der Waals surface area contributed by atoms with Gasteiger partial charge in [0.15, 0.2) is 5.65 Å². The number of fused-ring (bicyclic) bond motifs is 1. The Balaban J connectivity index is 1.59. The highest BCUT2D eigenvalue weighted by atomic mass is 35.5. The second-order valence-corrected chi connectivity index (χ2v) is 12.0. The fraction of sp³-hybridized carbons (Fsp3) is 0.387. The molecule has 1 spiro atoms. The summed E-state index contributed by atoms with van der Waals surface area (Å²) in [6.45, 7) is 8.24. The molecule has 2 aliphatic rings. The molecule has 1 aromatic carbocycles. The quantitative estimate of drug-likeness (QED) is 0.324. The molecule has 0 radical (unpaired) electrons. The molecule has 1 amide bonds. The van der Waals surface area contributed by atoms with Crippen molar-refractivity contribution in [3.05, 3.63) is 69.4 Å². The minimum absolute atomic E-state index is 0.0421. The normalized spacial score (nSPS) is 18.5. The zero-order valence-electron chi connectivity index (χ0n) is 24.1. The lowest BCUT2D eigenvalue weighted by Crippen LogP contribution is -2.34. The third kappa shape index (κ3) is 4.63. The van der Waals surface area contributed by atoms with Gasteiger partial charge in [0.25, 0.3) is 0 Å². The monoisotopic (exact) mass is 588 g/mol. The largest absolute Gasteiger partial charge is 0.496 e. The van der Waals surface area contributed by atoms with Crippen molar-refractivity contribution in [2.75, 3.05) is 38.2 Å². The van der Waals surface area contributed by atoms with Crippen molar-refractivity contribution in [1.29, 1.82) is 0 Å². The molecule has 2 fully saturated rings. The van der Waals surface area contributed by atoms with Crippen molar-refractivity contribution in [2.45, 2.75) is 39.5 Å². The van der Waals surface area contributed by atoms with Crippen LogP contribution in [0.1, 0.15) is 43.9 Å². The minimum atomic E-state index is -0.899. The number of hydrogen-bond acceptors (Lipinski definition) is 7. The Bertz CT molecular complexity index is 1770. The van der Waals surface area contributed by atoms with Gasteiger partial charge in [0.05, 0.1) is 34.6 Å². The lowest BCUT2D eigenvalue weighted by molar-refractivity contribution is 0.150. The van der Waals surface area contributed by atoms with E-state index in [2.05, 4.69) is 14.9 Å². The zero-order chi connectivity index (χ0) is 29.8. The van der Waals surface area contributed by atoms with Crippen LogP contribution in [0, 0.1) is 12.3 Å². The number of methoxy groups -OCH3 is 1. The van der Waals surface area contributed by atoms with Gasteiger partial charge in [-0.1, -0.05) is 37.6 Å². The molecule has 1 N–H and O–H groups in total. The van der Waals surface area contributed by atoms with Crippen molar-refractivity contribution in [3.8, 4) is 22.7 Å². The smallest absolute Gasteiger partial charge is 0.407 e. The van der Waals surface area contributed by atoms with Crippen LogP contribution < -0.4 is 15.3 Å².